The second kappa shape index (κ2) is 16.0. The molecular weight excluding hydrogens is 766 g/mol. The molecule has 2 N–H and O–H groups in total. The number of pyridine rings is 1. The van der Waals surface area contributed by atoms with Crippen LogP contribution in [-0.2, 0) is 30.8 Å². The minimum absolute atomic E-state index is 0.0203. The zero-order valence-corrected chi connectivity index (χ0v) is 30.3. The standard InChI is InChI=1S/C34H28Cl4N4O8S/c1-50-34(47)21-9-7-20(8-10-21)25-11-12-41(51(48,49)24-15-22(35)14-23(36)16-24)30(25)32(44)42(28(33(45)46)13-19-5-3-2-4-6-19)40-31(43)29-26(37)17-39-18-27(29)38/h2-10,14-18,25,28,30H,11-13H2,1H3,(H,40,43)(H,45,46)/t25-,28+,30?/m1/s1. The number of halogens is 4. The minimum Gasteiger partial charge on any atom is -0.480 e. The van der Waals surface area contributed by atoms with Crippen LogP contribution in [-0.4, -0.2) is 77.3 Å². The number of nitrogens with zero attached hydrogens (tertiary/aromatic N) is 3. The first-order chi connectivity index (χ1) is 24.2. The fourth-order valence-corrected chi connectivity index (χ4v) is 8.72. The Morgan fingerprint density at radius 3 is 2.14 bits per heavy atom. The van der Waals surface area contributed by atoms with E-state index in [2.05, 4.69) is 10.4 Å². The molecule has 1 aromatic heterocycles. The average Bonchev–Trinajstić information content (AvgIpc) is 3.55. The van der Waals surface area contributed by atoms with Gasteiger partial charge in [0, 0.05) is 41.3 Å². The number of ether oxygens (including phenoxy) is 1. The van der Waals surface area contributed by atoms with Crippen molar-refractivity contribution in [3.8, 4) is 0 Å². The molecule has 0 bridgehead atoms. The molecular formula is C34H28Cl4N4O8S. The number of aliphatic carboxylic acids is 1. The number of methoxy groups -OCH3 is 1. The van der Waals surface area contributed by atoms with Gasteiger partial charge in [-0.2, -0.15) is 4.31 Å². The van der Waals surface area contributed by atoms with Crippen LogP contribution in [0, 0.1) is 0 Å². The largest absolute Gasteiger partial charge is 0.480 e. The quantitative estimate of drug-likeness (QED) is 0.147. The molecule has 0 radical (unpaired) electrons. The van der Waals surface area contributed by atoms with Crippen molar-refractivity contribution in [2.75, 3.05) is 13.7 Å². The Hall–Kier alpha value is -4.24. The summed E-state index contributed by atoms with van der Waals surface area (Å²) in [6.45, 7) is -0.202. The lowest BCUT2D eigenvalue weighted by atomic mass is 9.90. The van der Waals surface area contributed by atoms with Crippen LogP contribution < -0.4 is 5.43 Å². The molecule has 2 amide bonds. The van der Waals surface area contributed by atoms with E-state index in [4.69, 9.17) is 51.1 Å². The predicted molar refractivity (Wildman–Crippen MR) is 189 cm³/mol. The molecule has 4 aromatic rings. The van der Waals surface area contributed by atoms with Crippen molar-refractivity contribution in [1.82, 2.24) is 19.7 Å². The summed E-state index contributed by atoms with van der Waals surface area (Å²) in [7, 11) is -3.33. The molecule has 51 heavy (non-hydrogen) atoms. The van der Waals surface area contributed by atoms with Gasteiger partial charge in [-0.05, 0) is 47.9 Å². The number of sulfonamides is 1. The maximum Gasteiger partial charge on any atom is 0.337 e. The van der Waals surface area contributed by atoms with Crippen molar-refractivity contribution in [1.29, 1.82) is 0 Å². The molecule has 1 aliphatic heterocycles. The highest BCUT2D eigenvalue weighted by Gasteiger charge is 2.50. The van der Waals surface area contributed by atoms with Crippen molar-refractivity contribution < 1.29 is 37.4 Å². The number of nitrogens with one attached hydrogen (secondary N) is 1. The van der Waals surface area contributed by atoms with Gasteiger partial charge in [-0.1, -0.05) is 88.9 Å². The average molecular weight is 794 g/mol. The van der Waals surface area contributed by atoms with Gasteiger partial charge >= 0.3 is 11.9 Å². The highest BCUT2D eigenvalue weighted by atomic mass is 35.5. The van der Waals surface area contributed by atoms with E-state index in [1.54, 1.807) is 42.5 Å². The van der Waals surface area contributed by atoms with Crippen LogP contribution >= 0.6 is 46.4 Å². The number of esters is 1. The summed E-state index contributed by atoms with van der Waals surface area (Å²) in [6.07, 6.45) is 2.08. The third-order valence-electron chi connectivity index (χ3n) is 8.22. The molecule has 0 aliphatic carbocycles. The topological polar surface area (TPSA) is 163 Å². The van der Waals surface area contributed by atoms with Crippen LogP contribution in [0.1, 0.15) is 44.2 Å². The van der Waals surface area contributed by atoms with E-state index in [1.807, 2.05) is 0 Å². The van der Waals surface area contributed by atoms with Gasteiger partial charge in [0.05, 0.1) is 33.2 Å². The van der Waals surface area contributed by atoms with Crippen LogP contribution in [0.4, 0.5) is 0 Å². The third kappa shape index (κ3) is 8.30. The predicted octanol–water partition coefficient (Wildman–Crippen LogP) is 5.90. The van der Waals surface area contributed by atoms with E-state index in [9.17, 15) is 32.7 Å². The molecule has 1 aliphatic rings. The molecule has 1 unspecified atom stereocenters. The van der Waals surface area contributed by atoms with Crippen LogP contribution in [0.5, 0.6) is 0 Å². The number of amides is 2. The summed E-state index contributed by atoms with van der Waals surface area (Å²) in [5.41, 5.74) is 3.22. The molecule has 5 rings (SSSR count). The van der Waals surface area contributed by atoms with Crippen LogP contribution in [0.3, 0.4) is 0 Å². The van der Waals surface area contributed by atoms with Gasteiger partial charge in [0.25, 0.3) is 11.8 Å². The molecule has 1 fully saturated rings. The smallest absolute Gasteiger partial charge is 0.337 e. The second-order valence-corrected chi connectivity index (χ2v) is 14.9. The normalized spacial score (nSPS) is 16.6. The fraction of sp³-hybridized carbons (Fsp3) is 0.206. The van der Waals surface area contributed by atoms with Gasteiger partial charge in [0.2, 0.25) is 10.0 Å². The number of carboxylic acids is 1. The molecule has 0 saturated carbocycles. The molecule has 12 nitrogen and oxygen atoms in total. The summed E-state index contributed by atoms with van der Waals surface area (Å²) in [6, 6.07) is 14.6. The van der Waals surface area contributed by atoms with E-state index in [0.717, 1.165) is 16.7 Å². The lowest BCUT2D eigenvalue weighted by Crippen LogP contribution is -2.61. The monoisotopic (exact) mass is 792 g/mol. The summed E-state index contributed by atoms with van der Waals surface area (Å²) in [4.78, 5) is 57.4. The number of carbonyl (C=O) groups excluding carboxylic acids is 3. The van der Waals surface area contributed by atoms with E-state index in [1.165, 1.54) is 37.4 Å². The summed E-state index contributed by atoms with van der Waals surface area (Å²) in [5, 5.41) is 10.8. The van der Waals surface area contributed by atoms with E-state index >= 15 is 0 Å². The van der Waals surface area contributed by atoms with Gasteiger partial charge in [-0.3, -0.25) is 20.0 Å². The maximum atomic E-state index is 15.0. The highest BCUT2D eigenvalue weighted by molar-refractivity contribution is 7.89. The Bertz CT molecular complexity index is 2050. The third-order valence-corrected chi connectivity index (χ3v) is 11.1. The number of carbonyl (C=O) groups is 4. The Kier molecular flexibility index (Phi) is 11.9. The van der Waals surface area contributed by atoms with Gasteiger partial charge in [-0.15, -0.1) is 0 Å². The summed E-state index contributed by atoms with van der Waals surface area (Å²) >= 11 is 24.8. The maximum absolute atomic E-state index is 15.0. The molecule has 3 atom stereocenters. The fourth-order valence-electron chi connectivity index (χ4n) is 5.82. The van der Waals surface area contributed by atoms with Crippen LogP contribution in [0.15, 0.2) is 90.1 Å². The summed E-state index contributed by atoms with van der Waals surface area (Å²) in [5.74, 6) is -5.15. The van der Waals surface area contributed by atoms with Gasteiger partial charge < -0.3 is 9.84 Å². The Morgan fingerprint density at radius 1 is 0.961 bits per heavy atom. The zero-order chi connectivity index (χ0) is 37.0. The lowest BCUT2D eigenvalue weighted by molar-refractivity contribution is -0.154. The second-order valence-electron chi connectivity index (χ2n) is 11.3. The Balaban J connectivity index is 1.66. The zero-order valence-electron chi connectivity index (χ0n) is 26.5. The van der Waals surface area contributed by atoms with E-state index in [-0.39, 0.29) is 55.5 Å². The Morgan fingerprint density at radius 2 is 1.57 bits per heavy atom. The molecule has 17 heteroatoms. The van der Waals surface area contributed by atoms with E-state index in [0.29, 0.717) is 16.1 Å². The van der Waals surface area contributed by atoms with Gasteiger partial charge in [0.15, 0.2) is 6.04 Å². The number of hydrogen-bond donors (Lipinski definition) is 2. The molecule has 2 heterocycles. The van der Waals surface area contributed by atoms with Crippen LogP contribution in [0.2, 0.25) is 20.1 Å². The van der Waals surface area contributed by atoms with Crippen LogP contribution in [0.25, 0.3) is 0 Å². The van der Waals surface area contributed by atoms with Crippen molar-refractivity contribution in [2.45, 2.75) is 35.7 Å². The molecule has 1 saturated heterocycles. The first kappa shape index (κ1) is 38.0. The first-order valence-electron chi connectivity index (χ1n) is 15.1. The number of rotatable bonds is 10. The molecule has 266 valence electrons. The molecule has 3 aromatic carbocycles. The molecule has 0 spiro atoms. The minimum atomic E-state index is -4.54. The number of carboxylic acid groups (broad SMARTS) is 1. The highest BCUT2D eigenvalue weighted by Crippen LogP contribution is 2.39. The number of benzene rings is 3. The van der Waals surface area contributed by atoms with Crippen molar-refractivity contribution in [3.05, 3.63) is 128 Å². The van der Waals surface area contributed by atoms with Gasteiger partial charge in [-0.25, -0.2) is 23.0 Å². The van der Waals surface area contributed by atoms with Crippen molar-refractivity contribution >= 4 is 80.2 Å². The lowest BCUT2D eigenvalue weighted by Gasteiger charge is -2.35. The van der Waals surface area contributed by atoms with Crippen molar-refractivity contribution in [2.24, 2.45) is 0 Å². The SMILES string of the molecule is COC(=O)c1ccc([C@H]2CCN(S(=O)(=O)c3cc(Cl)cc(Cl)c3)C2C(=O)N(NC(=O)c2c(Cl)cncc2Cl)[C@@H](Cc2ccccc2)C(=O)O)cc1. The number of hydrazine groups is 1. The summed E-state index contributed by atoms with van der Waals surface area (Å²) < 4.78 is 34.3. The van der Waals surface area contributed by atoms with Crippen molar-refractivity contribution in [3.63, 3.8) is 0 Å². The number of hydrogen-bond acceptors (Lipinski definition) is 8. The van der Waals surface area contributed by atoms with Gasteiger partial charge in [0.1, 0.15) is 6.04 Å². The first-order valence-corrected chi connectivity index (χ1v) is 18.0. The number of aromatic nitrogens is 1. The Labute approximate surface area is 312 Å². The van der Waals surface area contributed by atoms with E-state index < -0.39 is 51.8 Å².